The van der Waals surface area contributed by atoms with E-state index >= 15 is 0 Å². The van der Waals surface area contributed by atoms with E-state index in [0.717, 1.165) is 24.3 Å². The third kappa shape index (κ3) is 3.92. The summed E-state index contributed by atoms with van der Waals surface area (Å²) in [6.45, 7) is -0.813. The minimum Gasteiger partial charge on any atom is -0.497 e. The summed E-state index contributed by atoms with van der Waals surface area (Å²) in [7, 11) is 1.39. The zero-order chi connectivity index (χ0) is 30.2. The molecule has 2 fully saturated rings. The van der Waals surface area contributed by atoms with Gasteiger partial charge < -0.3 is 4.74 Å². The standard InChI is InChI=1S/C25H15Cl6N3O7/c1-41-14-4-2-3-12(9-14)15(35)10-32(20(36)11-5-7-13(8-6-11)34(39)40)33-21(37)16-17(22(33)38)24(29)19(27)18(26)23(16,28)25(24,30)31/h2-9,16-17H,10H2,1H3/t16-,17-,23-,24-/m1/s1. The number of hydrazine groups is 1. The SMILES string of the molecule is COc1cccc(C(=O)CN(C(=O)c2ccc([N+](=O)[O-])cc2)N2C(=O)[C@H]3[C@H](C2=O)[C@@]2(Cl)C(Cl)=C(Cl)[C@@]3(Cl)C2(Cl)Cl)c1. The molecule has 1 saturated heterocycles. The lowest BCUT2D eigenvalue weighted by molar-refractivity contribution is -0.384. The second-order valence-corrected chi connectivity index (χ2v) is 12.7. The minimum atomic E-state index is -2.20. The van der Waals surface area contributed by atoms with Gasteiger partial charge in [-0.2, -0.15) is 5.01 Å². The molecule has 1 aliphatic heterocycles. The van der Waals surface area contributed by atoms with E-state index in [0.29, 0.717) is 15.8 Å². The number of hydrogen-bond donors (Lipinski definition) is 0. The Morgan fingerprint density at radius 3 is 1.98 bits per heavy atom. The van der Waals surface area contributed by atoms with E-state index in [1.807, 2.05) is 0 Å². The molecule has 10 nitrogen and oxygen atoms in total. The number of nitro groups is 1. The van der Waals surface area contributed by atoms with Crippen LogP contribution in [-0.2, 0) is 9.59 Å². The minimum absolute atomic E-state index is 0.0983. The number of allylic oxidation sites excluding steroid dienone is 2. The maximum Gasteiger partial charge on any atom is 0.273 e. The van der Waals surface area contributed by atoms with Gasteiger partial charge in [-0.1, -0.05) is 58.5 Å². The molecule has 0 radical (unpaired) electrons. The number of Topliss-reactive ketones (excluding diaryl/α,β-unsaturated/α-hetero) is 1. The molecule has 214 valence electrons. The number of amides is 3. The number of alkyl halides is 4. The van der Waals surface area contributed by atoms with Gasteiger partial charge >= 0.3 is 0 Å². The first-order valence-electron chi connectivity index (χ1n) is 11.6. The van der Waals surface area contributed by atoms with E-state index in [9.17, 15) is 29.3 Å². The maximum absolute atomic E-state index is 13.9. The molecular formula is C25H15Cl6N3O7. The lowest BCUT2D eigenvalue weighted by Crippen LogP contribution is -2.56. The molecule has 2 bridgehead atoms. The first kappa shape index (κ1) is 29.9. The van der Waals surface area contributed by atoms with Gasteiger partial charge in [0.2, 0.25) is 0 Å². The number of fused-ring (bicyclic) bond motifs is 5. The van der Waals surface area contributed by atoms with Crippen molar-refractivity contribution in [1.82, 2.24) is 10.0 Å². The van der Waals surface area contributed by atoms with Crippen molar-refractivity contribution in [3.63, 3.8) is 0 Å². The average molecular weight is 682 g/mol. The highest BCUT2D eigenvalue weighted by Crippen LogP contribution is 2.77. The van der Waals surface area contributed by atoms with Crippen molar-refractivity contribution < 1.29 is 28.8 Å². The fourth-order valence-corrected chi connectivity index (χ4v) is 8.28. The first-order chi connectivity index (χ1) is 19.1. The number of ketones is 1. The number of ether oxygens (including phenoxy) is 1. The number of methoxy groups -OCH3 is 1. The summed E-state index contributed by atoms with van der Waals surface area (Å²) in [5.41, 5.74) is -0.390. The maximum atomic E-state index is 13.9. The van der Waals surface area contributed by atoms with Crippen molar-refractivity contribution >= 4 is 98.8 Å². The summed E-state index contributed by atoms with van der Waals surface area (Å²) < 4.78 is 2.94. The van der Waals surface area contributed by atoms with Gasteiger partial charge in [-0.3, -0.25) is 29.3 Å². The van der Waals surface area contributed by atoms with Crippen LogP contribution >= 0.6 is 69.6 Å². The Kier molecular flexibility index (Phi) is 7.29. The molecule has 3 amide bonds. The normalized spacial score (nSPS) is 27.7. The van der Waals surface area contributed by atoms with Crippen molar-refractivity contribution in [3.05, 3.63) is 79.8 Å². The number of nitrogens with zero attached hydrogens (tertiary/aromatic N) is 3. The summed E-state index contributed by atoms with van der Waals surface area (Å²) >= 11 is 39.3. The fraction of sp³-hybridized carbons (Fsp3) is 0.280. The lowest BCUT2D eigenvalue weighted by atomic mass is 9.84. The number of benzene rings is 2. The number of carbonyl (C=O) groups is 4. The smallest absolute Gasteiger partial charge is 0.273 e. The molecule has 2 aromatic carbocycles. The third-order valence-corrected chi connectivity index (χ3v) is 11.6. The Morgan fingerprint density at radius 1 is 0.951 bits per heavy atom. The van der Waals surface area contributed by atoms with Crippen LogP contribution in [0.2, 0.25) is 0 Å². The van der Waals surface area contributed by atoms with Crippen LogP contribution in [0.15, 0.2) is 58.6 Å². The molecular weight excluding hydrogens is 667 g/mol. The van der Waals surface area contributed by atoms with E-state index in [1.165, 1.54) is 25.3 Å². The number of halogens is 6. The second-order valence-electron chi connectivity index (χ2n) is 9.39. The van der Waals surface area contributed by atoms with Gasteiger partial charge in [-0.25, -0.2) is 5.01 Å². The highest BCUT2D eigenvalue weighted by atomic mass is 35.5. The Balaban J connectivity index is 1.59. The van der Waals surface area contributed by atoms with E-state index in [1.54, 1.807) is 6.07 Å². The summed E-state index contributed by atoms with van der Waals surface area (Å²) in [6, 6.07) is 10.3. The Labute approximate surface area is 261 Å². The molecule has 3 aliphatic rings. The van der Waals surface area contributed by atoms with Crippen LogP contribution in [0.5, 0.6) is 5.75 Å². The molecule has 0 aromatic heterocycles. The van der Waals surface area contributed by atoms with Crippen molar-refractivity contribution in [2.24, 2.45) is 11.8 Å². The molecule has 2 aromatic rings. The highest BCUT2D eigenvalue weighted by Gasteiger charge is 2.88. The quantitative estimate of drug-likeness (QED) is 0.128. The fourth-order valence-electron chi connectivity index (χ4n) is 5.35. The molecule has 41 heavy (non-hydrogen) atoms. The summed E-state index contributed by atoms with van der Waals surface area (Å²) in [5.74, 6) is -6.58. The summed E-state index contributed by atoms with van der Waals surface area (Å²) in [5, 5.41) is 11.5. The van der Waals surface area contributed by atoms with Gasteiger partial charge in [-0.05, 0) is 24.3 Å². The van der Waals surface area contributed by atoms with Crippen molar-refractivity contribution in [1.29, 1.82) is 0 Å². The number of carbonyl (C=O) groups excluding carboxylic acids is 4. The van der Waals surface area contributed by atoms with E-state index in [2.05, 4.69) is 0 Å². The Bertz CT molecular complexity index is 1540. The molecule has 2 aliphatic carbocycles. The van der Waals surface area contributed by atoms with Crippen LogP contribution in [0.4, 0.5) is 5.69 Å². The van der Waals surface area contributed by atoms with E-state index < -0.39 is 60.9 Å². The Hall–Kier alpha value is -2.60. The topological polar surface area (TPSA) is 127 Å². The molecule has 1 saturated carbocycles. The van der Waals surface area contributed by atoms with Gasteiger partial charge in [-0.15, -0.1) is 23.2 Å². The first-order valence-corrected chi connectivity index (χ1v) is 13.8. The van der Waals surface area contributed by atoms with Gasteiger partial charge in [0, 0.05) is 23.3 Å². The number of rotatable bonds is 7. The number of non-ortho nitro benzene ring substituents is 1. The van der Waals surface area contributed by atoms with Crippen LogP contribution in [0.25, 0.3) is 0 Å². The molecule has 0 spiro atoms. The monoisotopic (exact) mass is 679 g/mol. The number of nitro benzene ring substituents is 1. The summed E-state index contributed by atoms with van der Waals surface area (Å²) in [4.78, 5) is 61.1. The molecule has 1 heterocycles. The van der Waals surface area contributed by atoms with Crippen molar-refractivity contribution in [2.75, 3.05) is 13.7 Å². The largest absolute Gasteiger partial charge is 0.497 e. The number of imide groups is 1. The molecule has 16 heteroatoms. The molecule has 4 atom stereocenters. The third-order valence-electron chi connectivity index (χ3n) is 7.37. The van der Waals surface area contributed by atoms with Crippen LogP contribution in [-0.4, -0.2) is 66.2 Å². The number of hydrogen-bond acceptors (Lipinski definition) is 7. The van der Waals surface area contributed by atoms with Crippen LogP contribution < -0.4 is 4.74 Å². The summed E-state index contributed by atoms with van der Waals surface area (Å²) in [6.07, 6.45) is 0. The average Bonchev–Trinajstić information content (AvgIpc) is 3.34. The van der Waals surface area contributed by atoms with Crippen molar-refractivity contribution in [2.45, 2.75) is 14.1 Å². The van der Waals surface area contributed by atoms with E-state index in [4.69, 9.17) is 74.3 Å². The van der Waals surface area contributed by atoms with Gasteiger partial charge in [0.1, 0.15) is 22.0 Å². The van der Waals surface area contributed by atoms with E-state index in [-0.39, 0.29) is 26.9 Å². The van der Waals surface area contributed by atoms with Crippen LogP contribution in [0.3, 0.4) is 0 Å². The second kappa shape index (κ2) is 10.00. The Morgan fingerprint density at radius 2 is 1.49 bits per heavy atom. The lowest BCUT2D eigenvalue weighted by Gasteiger charge is -2.36. The van der Waals surface area contributed by atoms with Gasteiger partial charge in [0.15, 0.2) is 10.1 Å². The van der Waals surface area contributed by atoms with Gasteiger partial charge in [0.25, 0.3) is 23.4 Å². The molecule has 0 N–H and O–H groups in total. The molecule has 5 rings (SSSR count). The predicted molar refractivity (Wildman–Crippen MR) is 151 cm³/mol. The zero-order valence-corrected chi connectivity index (χ0v) is 25.0. The van der Waals surface area contributed by atoms with Crippen LogP contribution in [0, 0.1) is 22.0 Å². The zero-order valence-electron chi connectivity index (χ0n) is 20.4. The highest BCUT2D eigenvalue weighted by molar-refractivity contribution is 6.66. The van der Waals surface area contributed by atoms with Crippen LogP contribution in [0.1, 0.15) is 20.7 Å². The van der Waals surface area contributed by atoms with Crippen molar-refractivity contribution in [3.8, 4) is 5.75 Å². The van der Waals surface area contributed by atoms with Gasteiger partial charge in [0.05, 0.1) is 33.9 Å². The predicted octanol–water partition coefficient (Wildman–Crippen LogP) is 5.29. The molecule has 0 unspecified atom stereocenters.